The summed E-state index contributed by atoms with van der Waals surface area (Å²) in [5.41, 5.74) is 2.18. The minimum Gasteiger partial charge on any atom is -0.326 e. The second kappa shape index (κ2) is 7.49. The standard InChI is InChI=1S/C18H22N2O3S/c1-4-13(2)15-5-11-18(12-6-15)24(22,23)20-17-9-7-16(8-10-17)19-14(3)21/h5-13,20H,4H2,1-3H3,(H,19,21). The van der Waals surface area contributed by atoms with Crippen molar-refractivity contribution in [3.05, 3.63) is 54.1 Å². The molecule has 0 aromatic heterocycles. The number of nitrogens with one attached hydrogen (secondary N) is 2. The number of benzene rings is 2. The second-order valence-corrected chi connectivity index (χ2v) is 7.42. The van der Waals surface area contributed by atoms with Crippen LogP contribution in [-0.4, -0.2) is 14.3 Å². The number of sulfonamides is 1. The summed E-state index contributed by atoms with van der Waals surface area (Å²) in [6.45, 7) is 5.62. The lowest BCUT2D eigenvalue weighted by molar-refractivity contribution is -0.114. The van der Waals surface area contributed by atoms with E-state index >= 15 is 0 Å². The number of carbonyl (C=O) groups is 1. The van der Waals surface area contributed by atoms with E-state index in [1.807, 2.05) is 12.1 Å². The average molecular weight is 346 g/mol. The molecule has 0 heterocycles. The highest BCUT2D eigenvalue weighted by molar-refractivity contribution is 7.92. The highest BCUT2D eigenvalue weighted by atomic mass is 32.2. The van der Waals surface area contributed by atoms with E-state index < -0.39 is 10.0 Å². The van der Waals surface area contributed by atoms with Crippen molar-refractivity contribution in [2.45, 2.75) is 38.0 Å². The second-order valence-electron chi connectivity index (χ2n) is 5.74. The molecule has 2 aromatic rings. The smallest absolute Gasteiger partial charge is 0.261 e. The molecule has 2 N–H and O–H groups in total. The van der Waals surface area contributed by atoms with Crippen LogP contribution >= 0.6 is 0 Å². The van der Waals surface area contributed by atoms with Gasteiger partial charge < -0.3 is 5.32 Å². The summed E-state index contributed by atoms with van der Waals surface area (Å²) in [6.07, 6.45) is 1.00. The molecule has 128 valence electrons. The fourth-order valence-electron chi connectivity index (χ4n) is 2.25. The van der Waals surface area contributed by atoms with Gasteiger partial charge in [-0.3, -0.25) is 9.52 Å². The first-order valence-corrected chi connectivity index (χ1v) is 9.30. The molecule has 0 saturated heterocycles. The zero-order chi connectivity index (χ0) is 17.7. The first-order valence-electron chi connectivity index (χ1n) is 7.82. The average Bonchev–Trinajstić information content (AvgIpc) is 2.55. The van der Waals surface area contributed by atoms with E-state index in [0.29, 0.717) is 17.3 Å². The molecule has 0 spiro atoms. The van der Waals surface area contributed by atoms with Crippen LogP contribution in [0, 0.1) is 0 Å². The summed E-state index contributed by atoms with van der Waals surface area (Å²) in [5.74, 6) is 0.223. The summed E-state index contributed by atoms with van der Waals surface area (Å²) in [4.78, 5) is 11.2. The molecular formula is C18H22N2O3S. The van der Waals surface area contributed by atoms with Crippen LogP contribution in [0.25, 0.3) is 0 Å². The number of carbonyl (C=O) groups excluding carboxylic acids is 1. The molecule has 0 bridgehead atoms. The number of anilines is 2. The lowest BCUT2D eigenvalue weighted by Crippen LogP contribution is -2.13. The van der Waals surface area contributed by atoms with Crippen LogP contribution in [0.1, 0.15) is 38.7 Å². The quantitative estimate of drug-likeness (QED) is 0.831. The van der Waals surface area contributed by atoms with Gasteiger partial charge in [-0.15, -0.1) is 0 Å². The van der Waals surface area contributed by atoms with Crippen LogP contribution in [0.2, 0.25) is 0 Å². The van der Waals surface area contributed by atoms with Crippen molar-refractivity contribution in [3.63, 3.8) is 0 Å². The lowest BCUT2D eigenvalue weighted by atomic mass is 9.99. The fourth-order valence-corrected chi connectivity index (χ4v) is 3.31. The minimum atomic E-state index is -3.64. The summed E-state index contributed by atoms with van der Waals surface area (Å²) in [6, 6.07) is 13.4. The van der Waals surface area contributed by atoms with E-state index in [9.17, 15) is 13.2 Å². The monoisotopic (exact) mass is 346 g/mol. The van der Waals surface area contributed by atoms with Gasteiger partial charge >= 0.3 is 0 Å². The summed E-state index contributed by atoms with van der Waals surface area (Å²) >= 11 is 0. The van der Waals surface area contributed by atoms with Gasteiger partial charge in [0.25, 0.3) is 10.0 Å². The molecule has 1 unspecified atom stereocenters. The molecule has 0 fully saturated rings. The highest BCUT2D eigenvalue weighted by Crippen LogP contribution is 2.22. The number of amides is 1. The Hall–Kier alpha value is -2.34. The van der Waals surface area contributed by atoms with Crippen LogP contribution in [-0.2, 0) is 14.8 Å². The van der Waals surface area contributed by atoms with Gasteiger partial charge in [0.2, 0.25) is 5.91 Å². The van der Waals surface area contributed by atoms with Crippen LogP contribution in [0.3, 0.4) is 0 Å². The molecule has 0 saturated carbocycles. The number of rotatable bonds is 6. The van der Waals surface area contributed by atoms with Gasteiger partial charge in [-0.05, 0) is 54.3 Å². The molecule has 2 rings (SSSR count). The fraction of sp³-hybridized carbons (Fsp3) is 0.278. The Morgan fingerprint density at radius 1 is 1.00 bits per heavy atom. The van der Waals surface area contributed by atoms with Crippen LogP contribution in [0.5, 0.6) is 0 Å². The number of hydrogen-bond donors (Lipinski definition) is 2. The first kappa shape index (κ1) is 18.0. The maximum Gasteiger partial charge on any atom is 0.261 e. The van der Waals surface area contributed by atoms with Crippen molar-refractivity contribution in [1.82, 2.24) is 0 Å². The van der Waals surface area contributed by atoms with Gasteiger partial charge in [0.1, 0.15) is 0 Å². The molecule has 1 atom stereocenters. The maximum atomic E-state index is 12.4. The third kappa shape index (κ3) is 4.58. The minimum absolute atomic E-state index is 0.176. The van der Waals surface area contributed by atoms with E-state index in [2.05, 4.69) is 23.9 Å². The van der Waals surface area contributed by atoms with Gasteiger partial charge in [0, 0.05) is 18.3 Å². The molecular weight excluding hydrogens is 324 g/mol. The Morgan fingerprint density at radius 3 is 2.04 bits per heavy atom. The molecule has 0 aliphatic heterocycles. The molecule has 6 heteroatoms. The Morgan fingerprint density at radius 2 is 1.54 bits per heavy atom. The normalized spacial score (nSPS) is 12.5. The molecule has 0 aliphatic rings. The van der Waals surface area contributed by atoms with Crippen molar-refractivity contribution in [3.8, 4) is 0 Å². The third-order valence-corrected chi connectivity index (χ3v) is 5.23. The maximum absolute atomic E-state index is 12.4. The van der Waals surface area contributed by atoms with Crippen LogP contribution in [0.4, 0.5) is 11.4 Å². The Labute approximate surface area is 143 Å². The first-order chi connectivity index (χ1) is 11.3. The molecule has 0 radical (unpaired) electrons. The van der Waals surface area contributed by atoms with E-state index in [0.717, 1.165) is 12.0 Å². The van der Waals surface area contributed by atoms with Crippen molar-refractivity contribution >= 4 is 27.3 Å². The number of hydrogen-bond acceptors (Lipinski definition) is 3. The predicted molar refractivity (Wildman–Crippen MR) is 96.7 cm³/mol. The van der Waals surface area contributed by atoms with Crippen LogP contribution < -0.4 is 10.0 Å². The van der Waals surface area contributed by atoms with Crippen LogP contribution in [0.15, 0.2) is 53.4 Å². The van der Waals surface area contributed by atoms with Gasteiger partial charge in [-0.2, -0.15) is 0 Å². The third-order valence-electron chi connectivity index (χ3n) is 3.83. The van der Waals surface area contributed by atoms with Gasteiger partial charge in [0.15, 0.2) is 0 Å². The van der Waals surface area contributed by atoms with E-state index in [1.165, 1.54) is 6.92 Å². The van der Waals surface area contributed by atoms with E-state index in [1.54, 1.807) is 36.4 Å². The van der Waals surface area contributed by atoms with Crippen molar-refractivity contribution in [2.24, 2.45) is 0 Å². The van der Waals surface area contributed by atoms with Crippen molar-refractivity contribution in [2.75, 3.05) is 10.0 Å². The Balaban J connectivity index is 2.14. The van der Waals surface area contributed by atoms with Crippen molar-refractivity contribution < 1.29 is 13.2 Å². The largest absolute Gasteiger partial charge is 0.326 e. The van der Waals surface area contributed by atoms with Gasteiger partial charge in [0.05, 0.1) is 4.90 Å². The van der Waals surface area contributed by atoms with Gasteiger partial charge in [-0.1, -0.05) is 26.0 Å². The zero-order valence-electron chi connectivity index (χ0n) is 14.0. The Bertz CT molecular complexity index is 797. The van der Waals surface area contributed by atoms with E-state index in [-0.39, 0.29) is 10.8 Å². The molecule has 5 nitrogen and oxygen atoms in total. The zero-order valence-corrected chi connectivity index (χ0v) is 14.9. The molecule has 24 heavy (non-hydrogen) atoms. The highest BCUT2D eigenvalue weighted by Gasteiger charge is 2.14. The SMILES string of the molecule is CCC(C)c1ccc(S(=O)(=O)Nc2ccc(NC(C)=O)cc2)cc1. The van der Waals surface area contributed by atoms with E-state index in [4.69, 9.17) is 0 Å². The Kier molecular flexibility index (Phi) is 5.62. The molecule has 2 aromatic carbocycles. The summed E-state index contributed by atoms with van der Waals surface area (Å²) in [7, 11) is -3.64. The van der Waals surface area contributed by atoms with Crippen molar-refractivity contribution in [1.29, 1.82) is 0 Å². The summed E-state index contributed by atoms with van der Waals surface area (Å²) in [5, 5.41) is 2.63. The predicted octanol–water partition coefficient (Wildman–Crippen LogP) is 3.96. The molecule has 0 aliphatic carbocycles. The van der Waals surface area contributed by atoms with Gasteiger partial charge in [-0.25, -0.2) is 8.42 Å². The molecule has 1 amide bonds. The summed E-state index contributed by atoms with van der Waals surface area (Å²) < 4.78 is 27.4. The lowest BCUT2D eigenvalue weighted by Gasteiger charge is -2.12. The topological polar surface area (TPSA) is 75.3 Å².